The van der Waals surface area contributed by atoms with Crippen molar-refractivity contribution in [1.82, 2.24) is 5.32 Å². The van der Waals surface area contributed by atoms with Crippen LogP contribution in [0.25, 0.3) is 0 Å². The van der Waals surface area contributed by atoms with Crippen molar-refractivity contribution >= 4 is 17.3 Å². The van der Waals surface area contributed by atoms with Gasteiger partial charge < -0.3 is 14.8 Å². The standard InChI is InChI=1S/C13H15NO3S/c1-8-6-10(17-12(8)13(15)16)7-14-9(2)11-4-3-5-18-11/h3-6,9,14H,7H2,1-2H3,(H,15,16). The molecule has 0 saturated heterocycles. The van der Waals surface area contributed by atoms with E-state index in [0.29, 0.717) is 17.9 Å². The van der Waals surface area contributed by atoms with E-state index in [4.69, 9.17) is 9.52 Å². The lowest BCUT2D eigenvalue weighted by molar-refractivity contribution is 0.0659. The zero-order chi connectivity index (χ0) is 13.1. The third-order valence-electron chi connectivity index (χ3n) is 2.72. The second kappa shape index (κ2) is 5.37. The average molecular weight is 265 g/mol. The predicted molar refractivity (Wildman–Crippen MR) is 70.0 cm³/mol. The van der Waals surface area contributed by atoms with E-state index in [1.54, 1.807) is 24.3 Å². The maximum atomic E-state index is 10.8. The molecule has 2 heterocycles. The summed E-state index contributed by atoms with van der Waals surface area (Å²) in [4.78, 5) is 12.1. The molecule has 2 N–H and O–H groups in total. The number of carboxylic acids is 1. The normalized spacial score (nSPS) is 12.6. The third kappa shape index (κ3) is 2.80. The van der Waals surface area contributed by atoms with Crippen LogP contribution in [0, 0.1) is 6.92 Å². The van der Waals surface area contributed by atoms with Gasteiger partial charge >= 0.3 is 5.97 Å². The molecular weight excluding hydrogens is 250 g/mol. The van der Waals surface area contributed by atoms with Crippen molar-refractivity contribution in [3.8, 4) is 0 Å². The Kier molecular flexibility index (Phi) is 3.84. The quantitative estimate of drug-likeness (QED) is 0.871. The first kappa shape index (κ1) is 12.9. The first-order chi connectivity index (χ1) is 8.58. The highest BCUT2D eigenvalue weighted by Gasteiger charge is 2.14. The molecule has 4 nitrogen and oxygen atoms in total. The van der Waals surface area contributed by atoms with Gasteiger partial charge in [0.25, 0.3) is 0 Å². The molecule has 0 aliphatic carbocycles. The van der Waals surface area contributed by atoms with Crippen molar-refractivity contribution in [2.75, 3.05) is 0 Å². The lowest BCUT2D eigenvalue weighted by Crippen LogP contribution is -2.16. The van der Waals surface area contributed by atoms with E-state index in [9.17, 15) is 4.79 Å². The molecule has 0 radical (unpaired) electrons. The molecular formula is C13H15NO3S. The number of furan rings is 1. The Balaban J connectivity index is 1.98. The highest BCUT2D eigenvalue weighted by molar-refractivity contribution is 7.10. The fraction of sp³-hybridized carbons (Fsp3) is 0.308. The lowest BCUT2D eigenvalue weighted by atomic mass is 10.2. The van der Waals surface area contributed by atoms with Crippen molar-refractivity contribution in [2.45, 2.75) is 26.4 Å². The Morgan fingerprint density at radius 1 is 1.61 bits per heavy atom. The van der Waals surface area contributed by atoms with E-state index in [2.05, 4.69) is 18.3 Å². The minimum atomic E-state index is -1.02. The first-order valence-corrected chi connectivity index (χ1v) is 6.55. The number of carboxylic acid groups (broad SMARTS) is 1. The number of hydrogen-bond donors (Lipinski definition) is 2. The smallest absolute Gasteiger partial charge is 0.372 e. The molecule has 0 aromatic carbocycles. The molecule has 0 amide bonds. The summed E-state index contributed by atoms with van der Waals surface area (Å²) in [6.45, 7) is 4.33. The summed E-state index contributed by atoms with van der Waals surface area (Å²) in [5.41, 5.74) is 0.656. The van der Waals surface area contributed by atoms with E-state index < -0.39 is 5.97 Å². The predicted octanol–water partition coefficient (Wildman–Crippen LogP) is 3.20. The van der Waals surface area contributed by atoms with Crippen molar-refractivity contribution in [2.24, 2.45) is 0 Å². The molecule has 5 heteroatoms. The summed E-state index contributed by atoms with van der Waals surface area (Å²) in [6, 6.07) is 6.07. The molecule has 2 rings (SSSR count). The number of rotatable bonds is 5. The van der Waals surface area contributed by atoms with E-state index in [1.807, 2.05) is 11.4 Å². The SMILES string of the molecule is Cc1cc(CNC(C)c2cccs2)oc1C(=O)O. The fourth-order valence-corrected chi connectivity index (χ4v) is 2.50. The lowest BCUT2D eigenvalue weighted by Gasteiger charge is -2.10. The molecule has 0 fully saturated rings. The summed E-state index contributed by atoms with van der Waals surface area (Å²) in [7, 11) is 0. The van der Waals surface area contributed by atoms with Gasteiger partial charge in [-0.05, 0) is 31.4 Å². The molecule has 2 aromatic rings. The van der Waals surface area contributed by atoms with Crippen LogP contribution >= 0.6 is 11.3 Å². The van der Waals surface area contributed by atoms with Gasteiger partial charge in [-0.25, -0.2) is 4.79 Å². The molecule has 96 valence electrons. The monoisotopic (exact) mass is 265 g/mol. The number of hydrogen-bond acceptors (Lipinski definition) is 4. The van der Waals surface area contributed by atoms with Crippen LogP contribution in [-0.2, 0) is 6.54 Å². The number of thiophene rings is 1. The van der Waals surface area contributed by atoms with Crippen LogP contribution in [0.3, 0.4) is 0 Å². The largest absolute Gasteiger partial charge is 0.475 e. The Hall–Kier alpha value is -1.59. The van der Waals surface area contributed by atoms with E-state index in [0.717, 1.165) is 0 Å². The highest BCUT2D eigenvalue weighted by Crippen LogP contribution is 2.20. The molecule has 1 atom stereocenters. The second-order valence-corrected chi connectivity index (χ2v) is 5.13. The van der Waals surface area contributed by atoms with Gasteiger partial charge in [-0.15, -0.1) is 11.3 Å². The van der Waals surface area contributed by atoms with E-state index in [-0.39, 0.29) is 11.8 Å². The molecule has 0 aliphatic rings. The molecule has 18 heavy (non-hydrogen) atoms. The number of aromatic carboxylic acids is 1. The number of carbonyl (C=O) groups is 1. The van der Waals surface area contributed by atoms with Gasteiger partial charge in [0, 0.05) is 16.5 Å². The summed E-state index contributed by atoms with van der Waals surface area (Å²) in [6.07, 6.45) is 0. The third-order valence-corrected chi connectivity index (χ3v) is 3.77. The maximum Gasteiger partial charge on any atom is 0.372 e. The van der Waals surface area contributed by atoms with Crippen molar-refractivity contribution < 1.29 is 14.3 Å². The van der Waals surface area contributed by atoms with Crippen LogP contribution in [0.2, 0.25) is 0 Å². The van der Waals surface area contributed by atoms with Crippen LogP contribution in [0.15, 0.2) is 28.0 Å². The Labute approximate surface area is 109 Å². The molecule has 1 unspecified atom stereocenters. The average Bonchev–Trinajstić information content (AvgIpc) is 2.94. The minimum absolute atomic E-state index is 0.0237. The van der Waals surface area contributed by atoms with Crippen LogP contribution in [0.5, 0.6) is 0 Å². The fourth-order valence-electron chi connectivity index (χ4n) is 1.74. The van der Waals surface area contributed by atoms with Crippen molar-refractivity contribution in [3.63, 3.8) is 0 Å². The van der Waals surface area contributed by atoms with Crippen molar-refractivity contribution in [1.29, 1.82) is 0 Å². The van der Waals surface area contributed by atoms with Crippen LogP contribution in [-0.4, -0.2) is 11.1 Å². The highest BCUT2D eigenvalue weighted by atomic mass is 32.1. The van der Waals surface area contributed by atoms with Gasteiger partial charge in [-0.3, -0.25) is 0 Å². The minimum Gasteiger partial charge on any atom is -0.475 e. The summed E-state index contributed by atoms with van der Waals surface area (Å²) < 4.78 is 5.28. The topological polar surface area (TPSA) is 62.5 Å². The zero-order valence-corrected chi connectivity index (χ0v) is 11.1. The molecule has 0 spiro atoms. The summed E-state index contributed by atoms with van der Waals surface area (Å²) in [5.74, 6) is -0.353. The van der Waals surface area contributed by atoms with Crippen molar-refractivity contribution in [3.05, 3.63) is 45.5 Å². The van der Waals surface area contributed by atoms with Crippen LogP contribution in [0.1, 0.15) is 39.7 Å². The summed E-state index contributed by atoms with van der Waals surface area (Å²) in [5, 5.41) is 14.2. The molecule has 2 aromatic heterocycles. The van der Waals surface area contributed by atoms with E-state index in [1.165, 1.54) is 4.88 Å². The molecule has 0 bridgehead atoms. The Morgan fingerprint density at radius 2 is 2.39 bits per heavy atom. The first-order valence-electron chi connectivity index (χ1n) is 5.67. The van der Waals surface area contributed by atoms with Gasteiger partial charge in [0.1, 0.15) is 5.76 Å². The Morgan fingerprint density at radius 3 is 2.94 bits per heavy atom. The Bertz CT molecular complexity index is 530. The van der Waals surface area contributed by atoms with Crippen LogP contribution in [0.4, 0.5) is 0 Å². The van der Waals surface area contributed by atoms with E-state index >= 15 is 0 Å². The van der Waals surface area contributed by atoms with Gasteiger partial charge in [-0.2, -0.15) is 0 Å². The van der Waals surface area contributed by atoms with Crippen LogP contribution < -0.4 is 5.32 Å². The van der Waals surface area contributed by atoms with Gasteiger partial charge in [-0.1, -0.05) is 6.07 Å². The second-order valence-electron chi connectivity index (χ2n) is 4.15. The molecule has 0 saturated carbocycles. The number of nitrogens with one attached hydrogen (secondary N) is 1. The number of aryl methyl sites for hydroxylation is 1. The maximum absolute atomic E-state index is 10.8. The van der Waals surface area contributed by atoms with Gasteiger partial charge in [0.15, 0.2) is 0 Å². The van der Waals surface area contributed by atoms with Gasteiger partial charge in [0.05, 0.1) is 6.54 Å². The zero-order valence-electron chi connectivity index (χ0n) is 10.3. The summed E-state index contributed by atoms with van der Waals surface area (Å²) >= 11 is 1.69. The van der Waals surface area contributed by atoms with Gasteiger partial charge in [0.2, 0.25) is 5.76 Å². The molecule has 0 aliphatic heterocycles.